The van der Waals surface area contributed by atoms with E-state index in [1.165, 1.54) is 12.1 Å². The number of rotatable bonds is 3. The fourth-order valence-corrected chi connectivity index (χ4v) is 1.43. The molecule has 1 heterocycles. The molecular formula is C10H10N4O2. The Labute approximate surface area is 91.5 Å². The molecule has 0 bridgehead atoms. The number of nitro benzene ring substituents is 1. The predicted molar refractivity (Wildman–Crippen MR) is 58.8 cm³/mol. The van der Waals surface area contributed by atoms with Crippen molar-refractivity contribution in [1.82, 2.24) is 9.78 Å². The molecule has 2 N–H and O–H groups in total. The van der Waals surface area contributed by atoms with Gasteiger partial charge in [-0.05, 0) is 17.7 Å². The average molecular weight is 218 g/mol. The first-order valence-corrected chi connectivity index (χ1v) is 4.67. The lowest BCUT2D eigenvalue weighted by Gasteiger charge is -2.03. The first kappa shape index (κ1) is 10.2. The predicted octanol–water partition coefficient (Wildman–Crippen LogP) is 1.42. The summed E-state index contributed by atoms with van der Waals surface area (Å²) in [5.41, 5.74) is 6.41. The zero-order valence-electron chi connectivity index (χ0n) is 8.41. The van der Waals surface area contributed by atoms with Crippen LogP contribution in [0.15, 0.2) is 36.7 Å². The largest absolute Gasteiger partial charge is 0.393 e. The van der Waals surface area contributed by atoms with Crippen LogP contribution >= 0.6 is 0 Å². The molecule has 0 aliphatic rings. The maximum Gasteiger partial charge on any atom is 0.292 e. The third-order valence-electron chi connectivity index (χ3n) is 2.20. The van der Waals surface area contributed by atoms with Crippen LogP contribution in [0.3, 0.4) is 0 Å². The van der Waals surface area contributed by atoms with Gasteiger partial charge in [0.05, 0.1) is 11.5 Å². The molecule has 0 fully saturated rings. The highest BCUT2D eigenvalue weighted by molar-refractivity contribution is 5.59. The number of nitrogens with zero attached hydrogens (tertiary/aromatic N) is 3. The molecule has 0 saturated carbocycles. The van der Waals surface area contributed by atoms with Crippen molar-refractivity contribution in [3.8, 4) is 0 Å². The van der Waals surface area contributed by atoms with Crippen molar-refractivity contribution in [3.05, 3.63) is 52.3 Å². The van der Waals surface area contributed by atoms with Crippen LogP contribution in [0.2, 0.25) is 0 Å². The number of hydrogen-bond donors (Lipinski definition) is 1. The van der Waals surface area contributed by atoms with E-state index in [1.54, 1.807) is 29.2 Å². The molecule has 1 aromatic carbocycles. The van der Waals surface area contributed by atoms with Crippen molar-refractivity contribution in [2.45, 2.75) is 6.54 Å². The van der Waals surface area contributed by atoms with Crippen LogP contribution in [-0.4, -0.2) is 14.7 Å². The molecule has 0 atom stereocenters. The monoisotopic (exact) mass is 218 g/mol. The lowest BCUT2D eigenvalue weighted by atomic mass is 10.2. The topological polar surface area (TPSA) is 87.0 Å². The van der Waals surface area contributed by atoms with Crippen LogP contribution in [0.5, 0.6) is 0 Å². The first-order valence-electron chi connectivity index (χ1n) is 4.67. The van der Waals surface area contributed by atoms with Crippen molar-refractivity contribution in [2.24, 2.45) is 0 Å². The summed E-state index contributed by atoms with van der Waals surface area (Å²) in [6.45, 7) is 0.494. The minimum Gasteiger partial charge on any atom is -0.393 e. The number of nitrogen functional groups attached to an aromatic ring is 1. The van der Waals surface area contributed by atoms with E-state index in [0.29, 0.717) is 6.54 Å². The fourth-order valence-electron chi connectivity index (χ4n) is 1.43. The van der Waals surface area contributed by atoms with E-state index in [4.69, 9.17) is 5.73 Å². The smallest absolute Gasteiger partial charge is 0.292 e. The van der Waals surface area contributed by atoms with Crippen molar-refractivity contribution < 1.29 is 4.92 Å². The van der Waals surface area contributed by atoms with Crippen LogP contribution in [-0.2, 0) is 6.54 Å². The van der Waals surface area contributed by atoms with Crippen LogP contribution in [0.1, 0.15) is 5.56 Å². The standard InChI is InChI=1S/C10H10N4O2/c11-9-3-2-8(6-10(9)14(15)16)7-13-5-1-4-12-13/h1-6H,7,11H2. The maximum absolute atomic E-state index is 10.7. The highest BCUT2D eigenvalue weighted by atomic mass is 16.6. The van der Waals surface area contributed by atoms with Crippen LogP contribution in [0, 0.1) is 10.1 Å². The number of nitrogens with two attached hydrogens (primary N) is 1. The lowest BCUT2D eigenvalue weighted by molar-refractivity contribution is -0.384. The Morgan fingerprint density at radius 1 is 1.50 bits per heavy atom. The molecule has 0 aliphatic heterocycles. The summed E-state index contributed by atoms with van der Waals surface area (Å²) in [5.74, 6) is 0. The fraction of sp³-hybridized carbons (Fsp3) is 0.100. The van der Waals surface area contributed by atoms with Gasteiger partial charge in [0, 0.05) is 18.5 Å². The Kier molecular flexibility index (Phi) is 2.55. The third kappa shape index (κ3) is 2.00. The average Bonchev–Trinajstić information content (AvgIpc) is 2.73. The number of aromatic nitrogens is 2. The van der Waals surface area contributed by atoms with Crippen LogP contribution in [0.4, 0.5) is 11.4 Å². The van der Waals surface area contributed by atoms with Crippen molar-refractivity contribution >= 4 is 11.4 Å². The van der Waals surface area contributed by atoms with Gasteiger partial charge in [0.1, 0.15) is 5.69 Å². The second kappa shape index (κ2) is 4.01. The van der Waals surface area contributed by atoms with Gasteiger partial charge in [-0.25, -0.2) is 0 Å². The zero-order valence-corrected chi connectivity index (χ0v) is 8.41. The summed E-state index contributed by atoms with van der Waals surface area (Å²) in [4.78, 5) is 10.2. The molecule has 0 unspecified atom stereocenters. The molecule has 82 valence electrons. The van der Waals surface area contributed by atoms with Gasteiger partial charge in [-0.3, -0.25) is 14.8 Å². The molecule has 0 amide bonds. The Morgan fingerprint density at radius 3 is 2.94 bits per heavy atom. The summed E-state index contributed by atoms with van der Waals surface area (Å²) in [6.07, 6.45) is 3.45. The minimum absolute atomic E-state index is 0.0651. The van der Waals surface area contributed by atoms with Gasteiger partial charge in [0.25, 0.3) is 5.69 Å². The van der Waals surface area contributed by atoms with Crippen molar-refractivity contribution in [2.75, 3.05) is 5.73 Å². The summed E-state index contributed by atoms with van der Waals surface area (Å²) < 4.78 is 1.69. The maximum atomic E-state index is 10.7. The normalized spacial score (nSPS) is 10.2. The number of nitro groups is 1. The summed E-state index contributed by atoms with van der Waals surface area (Å²) in [7, 11) is 0. The number of anilines is 1. The van der Waals surface area contributed by atoms with E-state index in [0.717, 1.165) is 5.56 Å². The van der Waals surface area contributed by atoms with Gasteiger partial charge in [0.15, 0.2) is 0 Å². The van der Waals surface area contributed by atoms with Gasteiger partial charge in [-0.2, -0.15) is 5.10 Å². The van der Waals surface area contributed by atoms with Gasteiger partial charge in [-0.15, -0.1) is 0 Å². The van der Waals surface area contributed by atoms with Gasteiger partial charge < -0.3 is 5.73 Å². The lowest BCUT2D eigenvalue weighted by Crippen LogP contribution is -2.02. The SMILES string of the molecule is Nc1ccc(Cn2cccn2)cc1[N+](=O)[O-]. The molecule has 0 aliphatic carbocycles. The van der Waals surface area contributed by atoms with E-state index in [2.05, 4.69) is 5.10 Å². The van der Waals surface area contributed by atoms with E-state index >= 15 is 0 Å². The Morgan fingerprint density at radius 2 is 2.31 bits per heavy atom. The highest BCUT2D eigenvalue weighted by Gasteiger charge is 2.11. The second-order valence-corrected chi connectivity index (χ2v) is 3.35. The number of benzene rings is 1. The molecular weight excluding hydrogens is 208 g/mol. The molecule has 6 heteroatoms. The molecule has 16 heavy (non-hydrogen) atoms. The second-order valence-electron chi connectivity index (χ2n) is 3.35. The molecule has 2 rings (SSSR count). The van der Waals surface area contributed by atoms with Crippen molar-refractivity contribution in [1.29, 1.82) is 0 Å². The van der Waals surface area contributed by atoms with Crippen LogP contribution < -0.4 is 5.73 Å². The van der Waals surface area contributed by atoms with Gasteiger partial charge in [0.2, 0.25) is 0 Å². The Balaban J connectivity index is 2.29. The summed E-state index contributed by atoms with van der Waals surface area (Å²) >= 11 is 0. The Bertz CT molecular complexity index is 508. The summed E-state index contributed by atoms with van der Waals surface area (Å²) in [5, 5.41) is 14.7. The van der Waals surface area contributed by atoms with Gasteiger partial charge in [-0.1, -0.05) is 6.07 Å². The van der Waals surface area contributed by atoms with Crippen LogP contribution in [0.25, 0.3) is 0 Å². The van der Waals surface area contributed by atoms with E-state index in [9.17, 15) is 10.1 Å². The Hall–Kier alpha value is -2.37. The molecule has 2 aromatic rings. The molecule has 1 aromatic heterocycles. The quantitative estimate of drug-likeness (QED) is 0.479. The molecule has 0 radical (unpaired) electrons. The van der Waals surface area contributed by atoms with E-state index < -0.39 is 4.92 Å². The van der Waals surface area contributed by atoms with E-state index in [1.807, 2.05) is 0 Å². The molecule has 0 spiro atoms. The first-order chi connectivity index (χ1) is 7.66. The molecule has 0 saturated heterocycles. The zero-order chi connectivity index (χ0) is 11.5. The number of hydrogen-bond acceptors (Lipinski definition) is 4. The van der Waals surface area contributed by atoms with E-state index in [-0.39, 0.29) is 11.4 Å². The van der Waals surface area contributed by atoms with Crippen molar-refractivity contribution in [3.63, 3.8) is 0 Å². The highest BCUT2D eigenvalue weighted by Crippen LogP contribution is 2.22. The summed E-state index contributed by atoms with van der Waals surface area (Å²) in [6, 6.07) is 6.56. The third-order valence-corrected chi connectivity index (χ3v) is 2.20. The van der Waals surface area contributed by atoms with Gasteiger partial charge >= 0.3 is 0 Å². The minimum atomic E-state index is -0.484. The molecule has 6 nitrogen and oxygen atoms in total.